The number of carbonyl (C=O) groups is 1. The van der Waals surface area contributed by atoms with Crippen molar-refractivity contribution in [1.29, 1.82) is 0 Å². The van der Waals surface area contributed by atoms with Crippen LogP contribution in [-0.4, -0.2) is 31.1 Å². The first kappa shape index (κ1) is 16.8. The van der Waals surface area contributed by atoms with Gasteiger partial charge in [-0.25, -0.2) is 9.67 Å². The second-order valence-corrected chi connectivity index (χ2v) is 7.49. The SMILES string of the molecule is O=C(Nc1nc(-c2ccc3c(c2)CCC3)cs1)c1cccc(-n2cnnn2)c1. The second-order valence-electron chi connectivity index (χ2n) is 6.63. The topological polar surface area (TPSA) is 85.6 Å². The van der Waals surface area contributed by atoms with Crippen LogP contribution in [-0.2, 0) is 12.8 Å². The van der Waals surface area contributed by atoms with E-state index in [1.807, 2.05) is 11.4 Å². The van der Waals surface area contributed by atoms with Gasteiger partial charge in [-0.15, -0.1) is 16.4 Å². The van der Waals surface area contributed by atoms with Crippen LogP contribution in [0.15, 0.2) is 54.2 Å². The van der Waals surface area contributed by atoms with E-state index in [0.29, 0.717) is 10.7 Å². The van der Waals surface area contributed by atoms with Crippen molar-refractivity contribution < 1.29 is 4.79 Å². The third-order valence-electron chi connectivity index (χ3n) is 4.84. The van der Waals surface area contributed by atoms with Crippen LogP contribution in [0.2, 0.25) is 0 Å². The number of amides is 1. The standard InChI is InChI=1S/C20H16N6OS/c27-19(16-5-2-6-17(10-16)26-12-21-24-25-26)23-20-22-18(11-28-20)15-8-7-13-3-1-4-14(13)9-15/h2,5-12H,1,3-4H2,(H,22,23,27). The summed E-state index contributed by atoms with van der Waals surface area (Å²) >= 11 is 1.42. The molecule has 4 aromatic rings. The van der Waals surface area contributed by atoms with E-state index >= 15 is 0 Å². The van der Waals surface area contributed by atoms with Crippen molar-refractivity contribution in [3.63, 3.8) is 0 Å². The molecule has 0 bridgehead atoms. The first-order valence-corrected chi connectivity index (χ1v) is 9.87. The quantitative estimate of drug-likeness (QED) is 0.578. The lowest BCUT2D eigenvalue weighted by Gasteiger charge is -2.05. The lowest BCUT2D eigenvalue weighted by atomic mass is 10.1. The lowest BCUT2D eigenvalue weighted by Crippen LogP contribution is -2.12. The van der Waals surface area contributed by atoms with Crippen molar-refractivity contribution >= 4 is 22.4 Å². The molecule has 2 heterocycles. The minimum atomic E-state index is -0.218. The summed E-state index contributed by atoms with van der Waals surface area (Å²) in [5.41, 5.74) is 6.07. The zero-order chi connectivity index (χ0) is 18.9. The molecule has 138 valence electrons. The summed E-state index contributed by atoms with van der Waals surface area (Å²) in [6.07, 6.45) is 5.01. The molecule has 5 rings (SSSR count). The summed E-state index contributed by atoms with van der Waals surface area (Å²) in [5.74, 6) is -0.218. The van der Waals surface area contributed by atoms with Crippen molar-refractivity contribution in [1.82, 2.24) is 25.2 Å². The number of tetrazole rings is 1. The van der Waals surface area contributed by atoms with Gasteiger partial charge in [0.2, 0.25) is 0 Å². The number of thiazole rings is 1. The zero-order valence-corrected chi connectivity index (χ0v) is 15.7. The predicted octanol–water partition coefficient (Wildman–Crippen LogP) is 3.53. The molecule has 2 aromatic heterocycles. The van der Waals surface area contributed by atoms with Crippen LogP contribution in [0.1, 0.15) is 27.9 Å². The second kappa shape index (κ2) is 6.97. The molecule has 0 atom stereocenters. The predicted molar refractivity (Wildman–Crippen MR) is 107 cm³/mol. The largest absolute Gasteiger partial charge is 0.298 e. The smallest absolute Gasteiger partial charge is 0.257 e. The van der Waals surface area contributed by atoms with Crippen molar-refractivity contribution in [2.45, 2.75) is 19.3 Å². The molecule has 1 amide bonds. The summed E-state index contributed by atoms with van der Waals surface area (Å²) in [7, 11) is 0. The molecule has 0 fully saturated rings. The number of fused-ring (bicyclic) bond motifs is 1. The average molecular weight is 388 g/mol. The minimum Gasteiger partial charge on any atom is -0.298 e. The number of anilines is 1. The van der Waals surface area contributed by atoms with Gasteiger partial charge in [0.15, 0.2) is 5.13 Å². The Hall–Kier alpha value is -3.39. The Kier molecular flexibility index (Phi) is 4.17. The molecule has 0 spiro atoms. The molecule has 0 unspecified atom stereocenters. The fourth-order valence-corrected chi connectivity index (χ4v) is 4.15. The van der Waals surface area contributed by atoms with Crippen LogP contribution in [0.25, 0.3) is 16.9 Å². The van der Waals surface area contributed by atoms with E-state index in [-0.39, 0.29) is 5.91 Å². The van der Waals surface area contributed by atoms with E-state index in [0.717, 1.165) is 29.8 Å². The van der Waals surface area contributed by atoms with Gasteiger partial charge in [0.1, 0.15) is 6.33 Å². The summed E-state index contributed by atoms with van der Waals surface area (Å²) < 4.78 is 1.51. The highest BCUT2D eigenvalue weighted by Gasteiger charge is 2.14. The molecular formula is C20H16N6OS. The number of nitrogens with zero attached hydrogens (tertiary/aromatic N) is 5. The van der Waals surface area contributed by atoms with Crippen molar-refractivity contribution in [2.75, 3.05) is 5.32 Å². The van der Waals surface area contributed by atoms with Crippen molar-refractivity contribution in [2.24, 2.45) is 0 Å². The Bertz CT molecular complexity index is 1150. The third kappa shape index (κ3) is 3.18. The highest BCUT2D eigenvalue weighted by atomic mass is 32.1. The molecular weight excluding hydrogens is 372 g/mol. The number of hydrogen-bond acceptors (Lipinski definition) is 6. The highest BCUT2D eigenvalue weighted by molar-refractivity contribution is 7.14. The molecule has 0 saturated heterocycles. The van der Waals surface area contributed by atoms with E-state index in [4.69, 9.17) is 0 Å². The number of benzene rings is 2. The monoisotopic (exact) mass is 388 g/mol. The minimum absolute atomic E-state index is 0.218. The molecule has 1 aliphatic carbocycles. The van der Waals surface area contributed by atoms with Crippen LogP contribution >= 0.6 is 11.3 Å². The maximum absolute atomic E-state index is 12.6. The fourth-order valence-electron chi connectivity index (χ4n) is 3.43. The molecule has 28 heavy (non-hydrogen) atoms. The van der Waals surface area contributed by atoms with Crippen molar-refractivity contribution in [3.8, 4) is 16.9 Å². The highest BCUT2D eigenvalue weighted by Crippen LogP contribution is 2.30. The van der Waals surface area contributed by atoms with Gasteiger partial charge in [-0.1, -0.05) is 18.2 Å². The summed E-state index contributed by atoms with van der Waals surface area (Å²) in [5, 5.41) is 16.5. The van der Waals surface area contributed by atoms with Crippen LogP contribution < -0.4 is 5.32 Å². The molecule has 2 aromatic carbocycles. The maximum atomic E-state index is 12.6. The Balaban J connectivity index is 1.35. The van der Waals surface area contributed by atoms with Gasteiger partial charge in [0, 0.05) is 16.5 Å². The fraction of sp³-hybridized carbons (Fsp3) is 0.150. The van der Waals surface area contributed by atoms with Gasteiger partial charge in [-0.2, -0.15) is 0 Å². The molecule has 1 aliphatic rings. The van der Waals surface area contributed by atoms with Crippen LogP contribution in [0.3, 0.4) is 0 Å². The van der Waals surface area contributed by atoms with Crippen LogP contribution in [0.4, 0.5) is 5.13 Å². The Labute approximate surface area is 165 Å². The molecule has 7 nitrogen and oxygen atoms in total. The van der Waals surface area contributed by atoms with E-state index in [9.17, 15) is 4.79 Å². The van der Waals surface area contributed by atoms with Crippen LogP contribution in [0.5, 0.6) is 0 Å². The van der Waals surface area contributed by atoms with Crippen LogP contribution in [0, 0.1) is 0 Å². The molecule has 1 N–H and O–H groups in total. The van der Waals surface area contributed by atoms with Gasteiger partial charge in [0.25, 0.3) is 5.91 Å². The maximum Gasteiger partial charge on any atom is 0.257 e. The number of aromatic nitrogens is 5. The molecule has 0 radical (unpaired) electrons. The van der Waals surface area contributed by atoms with Gasteiger partial charge in [0.05, 0.1) is 11.4 Å². The van der Waals surface area contributed by atoms with Crippen molar-refractivity contribution in [3.05, 3.63) is 70.9 Å². The van der Waals surface area contributed by atoms with E-state index < -0.39 is 0 Å². The summed E-state index contributed by atoms with van der Waals surface area (Å²) in [6.45, 7) is 0. The van der Waals surface area contributed by atoms with Gasteiger partial charge in [-0.05, 0) is 65.1 Å². The van der Waals surface area contributed by atoms with E-state index in [2.05, 4.69) is 44.0 Å². The van der Waals surface area contributed by atoms with Gasteiger partial charge in [-0.3, -0.25) is 10.1 Å². The molecule has 8 heteroatoms. The number of rotatable bonds is 4. The molecule has 0 saturated carbocycles. The lowest BCUT2D eigenvalue weighted by molar-refractivity contribution is 0.102. The average Bonchev–Trinajstić information content (AvgIpc) is 3.48. The Morgan fingerprint density at radius 3 is 2.93 bits per heavy atom. The summed E-state index contributed by atoms with van der Waals surface area (Å²) in [4.78, 5) is 17.2. The number of nitrogens with one attached hydrogen (secondary N) is 1. The molecule has 0 aliphatic heterocycles. The number of aryl methyl sites for hydroxylation is 2. The Morgan fingerprint density at radius 2 is 2.04 bits per heavy atom. The first-order valence-electron chi connectivity index (χ1n) is 8.99. The zero-order valence-electron chi connectivity index (χ0n) is 14.9. The van der Waals surface area contributed by atoms with Gasteiger partial charge >= 0.3 is 0 Å². The number of carbonyl (C=O) groups excluding carboxylic acids is 1. The van der Waals surface area contributed by atoms with E-state index in [1.54, 1.807) is 18.2 Å². The Morgan fingerprint density at radius 1 is 1.11 bits per heavy atom. The van der Waals surface area contributed by atoms with Gasteiger partial charge < -0.3 is 0 Å². The van der Waals surface area contributed by atoms with E-state index in [1.165, 1.54) is 39.9 Å². The first-order chi connectivity index (χ1) is 13.8. The number of hydrogen-bond donors (Lipinski definition) is 1. The normalized spacial score (nSPS) is 12.7. The third-order valence-corrected chi connectivity index (χ3v) is 5.60. The summed E-state index contributed by atoms with van der Waals surface area (Å²) in [6, 6.07) is 13.6.